The van der Waals surface area contributed by atoms with Crippen molar-refractivity contribution in [3.8, 4) is 11.4 Å². The third-order valence-corrected chi connectivity index (χ3v) is 4.37. The molecule has 0 saturated carbocycles. The highest BCUT2D eigenvalue weighted by Crippen LogP contribution is 2.21. The zero-order valence-electron chi connectivity index (χ0n) is 13.2. The molecule has 3 aromatic rings. The van der Waals surface area contributed by atoms with Crippen LogP contribution in [0.1, 0.15) is 17.0 Å². The monoisotopic (exact) mass is 305 g/mol. The quantitative estimate of drug-likeness (QED) is 0.745. The summed E-state index contributed by atoms with van der Waals surface area (Å²) in [6.45, 7) is 2.91. The van der Waals surface area contributed by atoms with Crippen LogP contribution < -0.4 is 0 Å². The van der Waals surface area contributed by atoms with Gasteiger partial charge in [-0.1, -0.05) is 0 Å². The largest absolute Gasteiger partial charge is 0.353 e. The minimum Gasteiger partial charge on any atom is -0.353 e. The fourth-order valence-electron chi connectivity index (χ4n) is 3.03. The van der Waals surface area contributed by atoms with Gasteiger partial charge in [-0.3, -0.25) is 9.88 Å². The molecule has 5 nitrogen and oxygen atoms in total. The summed E-state index contributed by atoms with van der Waals surface area (Å²) in [4.78, 5) is 15.9. The lowest BCUT2D eigenvalue weighted by molar-refractivity contribution is 0.238. The van der Waals surface area contributed by atoms with Crippen molar-refractivity contribution in [2.45, 2.75) is 19.5 Å². The molecule has 0 fully saturated rings. The van der Waals surface area contributed by atoms with E-state index in [-0.39, 0.29) is 0 Å². The number of nitrogens with zero attached hydrogens (tertiary/aromatic N) is 5. The van der Waals surface area contributed by atoms with Crippen LogP contribution in [-0.4, -0.2) is 31.0 Å². The van der Waals surface area contributed by atoms with Crippen molar-refractivity contribution in [3.05, 3.63) is 66.0 Å². The third-order valence-electron chi connectivity index (χ3n) is 4.37. The lowest BCUT2D eigenvalue weighted by Gasteiger charge is -2.28. The molecule has 0 saturated heterocycles. The Morgan fingerprint density at radius 1 is 1.17 bits per heavy atom. The van der Waals surface area contributed by atoms with Gasteiger partial charge >= 0.3 is 0 Å². The van der Waals surface area contributed by atoms with Gasteiger partial charge in [-0.25, -0.2) is 9.97 Å². The first-order valence-corrected chi connectivity index (χ1v) is 7.87. The van der Waals surface area contributed by atoms with E-state index in [1.807, 2.05) is 24.5 Å². The maximum absolute atomic E-state index is 4.75. The highest BCUT2D eigenvalue weighted by molar-refractivity contribution is 5.53. The summed E-state index contributed by atoms with van der Waals surface area (Å²) in [6.07, 6.45) is 8.61. The molecule has 0 aliphatic carbocycles. The van der Waals surface area contributed by atoms with E-state index in [2.05, 4.69) is 44.8 Å². The van der Waals surface area contributed by atoms with Crippen LogP contribution in [-0.2, 0) is 26.6 Å². The molecule has 0 N–H and O–H groups in total. The lowest BCUT2D eigenvalue weighted by atomic mass is 10.1. The van der Waals surface area contributed by atoms with Gasteiger partial charge in [0.05, 0.1) is 5.69 Å². The van der Waals surface area contributed by atoms with Gasteiger partial charge in [-0.05, 0) is 24.3 Å². The van der Waals surface area contributed by atoms with Gasteiger partial charge in [-0.15, -0.1) is 0 Å². The Morgan fingerprint density at radius 2 is 2.13 bits per heavy atom. The predicted octanol–water partition coefficient (Wildman–Crippen LogP) is 2.44. The van der Waals surface area contributed by atoms with E-state index in [9.17, 15) is 0 Å². The van der Waals surface area contributed by atoms with Crippen LogP contribution >= 0.6 is 0 Å². The zero-order valence-corrected chi connectivity index (χ0v) is 13.2. The minimum atomic E-state index is 0.771. The van der Waals surface area contributed by atoms with Crippen molar-refractivity contribution in [1.82, 2.24) is 24.4 Å². The molecular formula is C18H19N5. The maximum atomic E-state index is 4.75. The predicted molar refractivity (Wildman–Crippen MR) is 88.5 cm³/mol. The van der Waals surface area contributed by atoms with Gasteiger partial charge in [0, 0.05) is 74.7 Å². The summed E-state index contributed by atoms with van der Waals surface area (Å²) >= 11 is 0. The average molecular weight is 305 g/mol. The normalized spacial score (nSPS) is 14.7. The fraction of sp³-hybridized carbons (Fsp3) is 0.278. The van der Waals surface area contributed by atoms with Crippen molar-refractivity contribution in [1.29, 1.82) is 0 Å². The van der Waals surface area contributed by atoms with Gasteiger partial charge in [0.15, 0.2) is 5.82 Å². The maximum Gasteiger partial charge on any atom is 0.160 e. The number of hydrogen-bond acceptors (Lipinski definition) is 4. The second-order valence-electron chi connectivity index (χ2n) is 5.98. The Hall–Kier alpha value is -2.53. The van der Waals surface area contributed by atoms with Crippen LogP contribution in [0.2, 0.25) is 0 Å². The number of pyridine rings is 1. The first-order chi connectivity index (χ1) is 11.3. The Morgan fingerprint density at radius 3 is 2.91 bits per heavy atom. The van der Waals surface area contributed by atoms with Gasteiger partial charge in [0.25, 0.3) is 0 Å². The summed E-state index contributed by atoms with van der Waals surface area (Å²) in [7, 11) is 2.09. The van der Waals surface area contributed by atoms with Gasteiger partial charge in [-0.2, -0.15) is 0 Å². The molecule has 5 heteroatoms. The Balaban J connectivity index is 1.53. The van der Waals surface area contributed by atoms with Crippen LogP contribution in [0.3, 0.4) is 0 Å². The molecule has 0 bridgehead atoms. The molecule has 0 unspecified atom stereocenters. The lowest BCUT2D eigenvalue weighted by Crippen LogP contribution is -2.31. The standard InChI is InChI=1S/C18H19N5/c1-22-8-3-5-16(22)13-23-9-6-17-15(12-23)11-20-18(21-17)14-4-2-7-19-10-14/h2-5,7-8,10-11H,6,9,12-13H2,1H3. The Labute approximate surface area is 135 Å². The molecule has 0 aromatic carbocycles. The SMILES string of the molecule is Cn1cccc1CN1CCc2nc(-c3cccnc3)ncc2C1. The molecule has 4 rings (SSSR count). The number of rotatable bonds is 3. The molecule has 23 heavy (non-hydrogen) atoms. The molecule has 1 aliphatic heterocycles. The fourth-order valence-corrected chi connectivity index (χ4v) is 3.03. The van der Waals surface area contributed by atoms with Crippen molar-refractivity contribution in [2.75, 3.05) is 6.54 Å². The molecule has 0 amide bonds. The van der Waals surface area contributed by atoms with Crippen LogP contribution in [0.4, 0.5) is 0 Å². The zero-order chi connectivity index (χ0) is 15.6. The molecule has 0 radical (unpaired) electrons. The van der Waals surface area contributed by atoms with Gasteiger partial charge in [0.2, 0.25) is 0 Å². The van der Waals surface area contributed by atoms with Crippen LogP contribution in [0.5, 0.6) is 0 Å². The number of hydrogen-bond donors (Lipinski definition) is 0. The van der Waals surface area contributed by atoms with E-state index in [0.717, 1.165) is 37.4 Å². The number of fused-ring (bicyclic) bond motifs is 1. The summed E-state index contributed by atoms with van der Waals surface area (Å²) in [5.41, 5.74) is 4.71. The number of aromatic nitrogens is 4. The molecule has 4 heterocycles. The van der Waals surface area contributed by atoms with Crippen molar-refractivity contribution in [2.24, 2.45) is 7.05 Å². The summed E-state index contributed by atoms with van der Waals surface area (Å²) in [5, 5.41) is 0. The highest BCUT2D eigenvalue weighted by Gasteiger charge is 2.19. The van der Waals surface area contributed by atoms with Gasteiger partial charge < -0.3 is 4.57 Å². The molecular weight excluding hydrogens is 286 g/mol. The van der Waals surface area contributed by atoms with E-state index in [4.69, 9.17) is 4.98 Å². The van der Waals surface area contributed by atoms with E-state index >= 15 is 0 Å². The van der Waals surface area contributed by atoms with E-state index in [1.165, 1.54) is 17.0 Å². The first kappa shape index (κ1) is 14.1. The molecule has 3 aromatic heterocycles. The van der Waals surface area contributed by atoms with Crippen molar-refractivity contribution >= 4 is 0 Å². The second kappa shape index (κ2) is 5.93. The molecule has 0 atom stereocenters. The summed E-state index contributed by atoms with van der Waals surface area (Å²) in [5.74, 6) is 0.771. The smallest absolute Gasteiger partial charge is 0.160 e. The molecule has 116 valence electrons. The topological polar surface area (TPSA) is 46.8 Å². The van der Waals surface area contributed by atoms with Crippen LogP contribution in [0, 0.1) is 0 Å². The van der Waals surface area contributed by atoms with E-state index < -0.39 is 0 Å². The Bertz CT molecular complexity index is 809. The number of aryl methyl sites for hydroxylation is 1. The van der Waals surface area contributed by atoms with Crippen LogP contribution in [0.15, 0.2) is 49.1 Å². The van der Waals surface area contributed by atoms with Crippen molar-refractivity contribution in [3.63, 3.8) is 0 Å². The van der Waals surface area contributed by atoms with E-state index in [1.54, 1.807) is 6.20 Å². The average Bonchev–Trinajstić information content (AvgIpc) is 3.00. The third kappa shape index (κ3) is 2.87. The second-order valence-corrected chi connectivity index (χ2v) is 5.98. The highest BCUT2D eigenvalue weighted by atomic mass is 15.2. The minimum absolute atomic E-state index is 0.771. The van der Waals surface area contributed by atoms with Crippen LogP contribution in [0.25, 0.3) is 11.4 Å². The molecule has 0 spiro atoms. The summed E-state index contributed by atoms with van der Waals surface area (Å²) < 4.78 is 2.18. The van der Waals surface area contributed by atoms with Crippen molar-refractivity contribution < 1.29 is 0 Å². The summed E-state index contributed by atoms with van der Waals surface area (Å²) in [6, 6.07) is 8.19. The first-order valence-electron chi connectivity index (χ1n) is 7.87. The van der Waals surface area contributed by atoms with E-state index in [0.29, 0.717) is 0 Å². The van der Waals surface area contributed by atoms with Gasteiger partial charge in [0.1, 0.15) is 0 Å². The Kier molecular flexibility index (Phi) is 3.63. The molecule has 1 aliphatic rings.